The van der Waals surface area contributed by atoms with Crippen LogP contribution in [0, 0.1) is 5.82 Å². The highest BCUT2D eigenvalue weighted by atomic mass is 19.1. The van der Waals surface area contributed by atoms with Gasteiger partial charge in [0.25, 0.3) is 0 Å². The first-order chi connectivity index (χ1) is 9.76. The number of amides is 1. The van der Waals surface area contributed by atoms with Gasteiger partial charge >= 0.3 is 6.09 Å². The van der Waals surface area contributed by atoms with Crippen molar-refractivity contribution in [3.63, 3.8) is 0 Å². The van der Waals surface area contributed by atoms with Crippen LogP contribution in [0.4, 0.5) is 9.18 Å². The molecule has 0 unspecified atom stereocenters. The van der Waals surface area contributed by atoms with Crippen molar-refractivity contribution in [1.82, 2.24) is 4.90 Å². The molecule has 1 amide bonds. The maximum absolute atomic E-state index is 13.1. The molecule has 0 bridgehead atoms. The SMILES string of the molecule is CC(C)(C)OC(=O)N1CC=C(c2ccc(F)c(O)c2)CC1. The number of phenols is 1. The lowest BCUT2D eigenvalue weighted by atomic mass is 9.99. The molecule has 1 heterocycles. The third-order valence-electron chi connectivity index (χ3n) is 3.18. The highest BCUT2D eigenvalue weighted by Crippen LogP contribution is 2.27. The Balaban J connectivity index is 2.05. The third kappa shape index (κ3) is 3.97. The van der Waals surface area contributed by atoms with E-state index in [1.54, 1.807) is 11.0 Å². The zero-order chi connectivity index (χ0) is 15.6. The van der Waals surface area contributed by atoms with Crippen molar-refractivity contribution < 1.29 is 19.0 Å². The molecule has 0 aromatic heterocycles. The van der Waals surface area contributed by atoms with Crippen molar-refractivity contribution in [2.75, 3.05) is 13.1 Å². The molecule has 0 radical (unpaired) electrons. The van der Waals surface area contributed by atoms with Crippen molar-refractivity contribution >= 4 is 11.7 Å². The number of aromatic hydroxyl groups is 1. The van der Waals surface area contributed by atoms with Gasteiger partial charge in [-0.05, 0) is 50.5 Å². The van der Waals surface area contributed by atoms with Gasteiger partial charge in [0, 0.05) is 13.1 Å². The van der Waals surface area contributed by atoms with Crippen LogP contribution in [-0.4, -0.2) is 34.8 Å². The molecule has 0 fully saturated rings. The van der Waals surface area contributed by atoms with E-state index in [9.17, 15) is 14.3 Å². The molecule has 1 aromatic rings. The molecule has 0 atom stereocenters. The van der Waals surface area contributed by atoms with Crippen LogP contribution in [-0.2, 0) is 4.74 Å². The lowest BCUT2D eigenvalue weighted by molar-refractivity contribution is 0.0270. The number of rotatable bonds is 1. The fourth-order valence-corrected chi connectivity index (χ4v) is 2.14. The summed E-state index contributed by atoms with van der Waals surface area (Å²) < 4.78 is 18.4. The van der Waals surface area contributed by atoms with E-state index >= 15 is 0 Å². The number of ether oxygens (including phenoxy) is 1. The Labute approximate surface area is 123 Å². The average Bonchev–Trinajstić information content (AvgIpc) is 2.40. The summed E-state index contributed by atoms with van der Waals surface area (Å²) in [5.41, 5.74) is 1.26. The van der Waals surface area contributed by atoms with Crippen LogP contribution >= 0.6 is 0 Å². The molecule has 0 saturated carbocycles. The van der Waals surface area contributed by atoms with Crippen LogP contribution in [0.15, 0.2) is 24.3 Å². The molecule has 1 N–H and O–H groups in total. The molecule has 2 rings (SSSR count). The molecule has 4 nitrogen and oxygen atoms in total. The number of halogens is 1. The minimum atomic E-state index is -0.634. The summed E-state index contributed by atoms with van der Waals surface area (Å²) in [5, 5.41) is 9.41. The van der Waals surface area contributed by atoms with E-state index in [0.29, 0.717) is 19.5 Å². The van der Waals surface area contributed by atoms with Crippen LogP contribution in [0.25, 0.3) is 5.57 Å². The normalized spacial score (nSPS) is 15.6. The molecular weight excluding hydrogens is 273 g/mol. The van der Waals surface area contributed by atoms with Crippen LogP contribution in [0.1, 0.15) is 32.8 Å². The second-order valence-electron chi connectivity index (χ2n) is 6.07. The lowest BCUT2D eigenvalue weighted by Gasteiger charge is -2.29. The maximum Gasteiger partial charge on any atom is 0.410 e. The van der Waals surface area contributed by atoms with E-state index in [-0.39, 0.29) is 11.8 Å². The van der Waals surface area contributed by atoms with Crippen molar-refractivity contribution in [2.24, 2.45) is 0 Å². The van der Waals surface area contributed by atoms with Gasteiger partial charge in [-0.15, -0.1) is 0 Å². The number of hydrogen-bond acceptors (Lipinski definition) is 3. The quantitative estimate of drug-likeness (QED) is 0.861. The van der Waals surface area contributed by atoms with Crippen LogP contribution in [0.5, 0.6) is 5.75 Å². The van der Waals surface area contributed by atoms with E-state index in [0.717, 1.165) is 11.1 Å². The standard InChI is InChI=1S/C16H20FNO3/c1-16(2,3)21-15(20)18-8-6-11(7-9-18)12-4-5-13(17)14(19)10-12/h4-6,10,19H,7-9H2,1-3H3. The summed E-state index contributed by atoms with van der Waals surface area (Å²) in [7, 11) is 0. The van der Waals surface area contributed by atoms with Crippen molar-refractivity contribution in [1.29, 1.82) is 0 Å². The van der Waals surface area contributed by atoms with E-state index in [1.807, 2.05) is 26.8 Å². The zero-order valence-electron chi connectivity index (χ0n) is 12.5. The van der Waals surface area contributed by atoms with Gasteiger partial charge in [0.1, 0.15) is 5.60 Å². The number of phenolic OH excluding ortho intramolecular Hbond substituents is 1. The second-order valence-corrected chi connectivity index (χ2v) is 6.07. The minimum absolute atomic E-state index is 0.334. The van der Waals surface area contributed by atoms with E-state index < -0.39 is 11.4 Å². The highest BCUT2D eigenvalue weighted by Gasteiger charge is 2.23. The van der Waals surface area contributed by atoms with Gasteiger partial charge in [-0.1, -0.05) is 12.1 Å². The van der Waals surface area contributed by atoms with Gasteiger partial charge in [0.05, 0.1) is 0 Å². The first-order valence-electron chi connectivity index (χ1n) is 6.92. The number of hydrogen-bond donors (Lipinski definition) is 1. The topological polar surface area (TPSA) is 49.8 Å². The first kappa shape index (κ1) is 15.4. The molecule has 5 heteroatoms. The molecule has 0 saturated heterocycles. The predicted octanol–water partition coefficient (Wildman–Crippen LogP) is 3.56. The fourth-order valence-electron chi connectivity index (χ4n) is 2.14. The number of carbonyl (C=O) groups is 1. The summed E-state index contributed by atoms with van der Waals surface area (Å²) in [5.74, 6) is -0.992. The summed E-state index contributed by atoms with van der Waals surface area (Å²) in [6.45, 7) is 6.48. The smallest absolute Gasteiger partial charge is 0.410 e. The summed E-state index contributed by atoms with van der Waals surface area (Å²) >= 11 is 0. The Morgan fingerprint density at radius 1 is 1.38 bits per heavy atom. The average molecular weight is 293 g/mol. The molecular formula is C16H20FNO3. The van der Waals surface area contributed by atoms with Gasteiger partial charge in [0.2, 0.25) is 0 Å². The van der Waals surface area contributed by atoms with E-state index in [4.69, 9.17) is 4.74 Å². The molecule has 1 aromatic carbocycles. The maximum atomic E-state index is 13.1. The van der Waals surface area contributed by atoms with E-state index in [2.05, 4.69) is 0 Å². The van der Waals surface area contributed by atoms with Crippen LogP contribution in [0.3, 0.4) is 0 Å². The number of nitrogens with zero attached hydrogens (tertiary/aromatic N) is 1. The van der Waals surface area contributed by atoms with Crippen LogP contribution < -0.4 is 0 Å². The predicted molar refractivity (Wildman–Crippen MR) is 78.5 cm³/mol. The van der Waals surface area contributed by atoms with Gasteiger partial charge in [-0.3, -0.25) is 0 Å². The van der Waals surface area contributed by atoms with Crippen molar-refractivity contribution in [2.45, 2.75) is 32.8 Å². The van der Waals surface area contributed by atoms with Gasteiger partial charge in [0.15, 0.2) is 11.6 Å². The summed E-state index contributed by atoms with van der Waals surface area (Å²) in [4.78, 5) is 13.6. The lowest BCUT2D eigenvalue weighted by Crippen LogP contribution is -2.39. The Morgan fingerprint density at radius 3 is 2.62 bits per heavy atom. The second kappa shape index (κ2) is 5.76. The Bertz CT molecular complexity index is 575. The monoisotopic (exact) mass is 293 g/mol. The summed E-state index contributed by atoms with van der Waals surface area (Å²) in [6.07, 6.45) is 2.21. The third-order valence-corrected chi connectivity index (χ3v) is 3.18. The van der Waals surface area contributed by atoms with Gasteiger partial charge in [-0.2, -0.15) is 0 Å². The molecule has 1 aliphatic heterocycles. The molecule has 1 aliphatic rings. The van der Waals surface area contributed by atoms with Crippen molar-refractivity contribution in [3.8, 4) is 5.75 Å². The Hall–Kier alpha value is -2.04. The Kier molecular flexibility index (Phi) is 4.21. The fraction of sp³-hybridized carbons (Fsp3) is 0.438. The number of benzene rings is 1. The molecule has 21 heavy (non-hydrogen) atoms. The van der Waals surface area contributed by atoms with E-state index in [1.165, 1.54) is 12.1 Å². The van der Waals surface area contributed by atoms with Gasteiger partial charge in [-0.25, -0.2) is 9.18 Å². The zero-order valence-corrected chi connectivity index (χ0v) is 12.5. The minimum Gasteiger partial charge on any atom is -0.505 e. The highest BCUT2D eigenvalue weighted by molar-refractivity contribution is 5.73. The van der Waals surface area contributed by atoms with Gasteiger partial charge < -0.3 is 14.7 Å². The molecule has 114 valence electrons. The summed E-state index contributed by atoms with van der Waals surface area (Å²) in [6, 6.07) is 4.28. The molecule has 0 aliphatic carbocycles. The van der Waals surface area contributed by atoms with Crippen molar-refractivity contribution in [3.05, 3.63) is 35.7 Å². The Morgan fingerprint density at radius 2 is 2.10 bits per heavy atom. The number of carbonyl (C=O) groups excluding carboxylic acids is 1. The first-order valence-corrected chi connectivity index (χ1v) is 6.92. The van der Waals surface area contributed by atoms with Crippen LogP contribution in [0.2, 0.25) is 0 Å². The largest absolute Gasteiger partial charge is 0.505 e. The molecule has 0 spiro atoms.